The maximum absolute atomic E-state index is 12.5. The topological polar surface area (TPSA) is 55.6 Å². The Labute approximate surface area is 127 Å². The second kappa shape index (κ2) is 6.48. The molecule has 1 saturated carbocycles. The van der Waals surface area contributed by atoms with Crippen LogP contribution in [-0.2, 0) is 11.3 Å². The summed E-state index contributed by atoms with van der Waals surface area (Å²) in [6.45, 7) is 4.54. The predicted molar refractivity (Wildman–Crippen MR) is 84.1 cm³/mol. The summed E-state index contributed by atoms with van der Waals surface area (Å²) in [5.41, 5.74) is 6.75. The van der Waals surface area contributed by atoms with E-state index in [0.29, 0.717) is 25.4 Å². The Hall–Kier alpha value is -1.55. The normalized spacial score (nSPS) is 14.9. The molecule has 116 valence electrons. The molecular formula is C17H26N2O2. The van der Waals surface area contributed by atoms with Crippen LogP contribution in [0.1, 0.15) is 45.1 Å². The molecule has 2 N–H and O–H groups in total. The molecule has 4 heteroatoms. The summed E-state index contributed by atoms with van der Waals surface area (Å²) >= 11 is 0. The van der Waals surface area contributed by atoms with Crippen LogP contribution in [0.5, 0.6) is 5.75 Å². The first kappa shape index (κ1) is 15.8. The SMILES string of the molecule is COc1ccccc1CN(C(=O)CCC(C)(C)N)C1CC1. The molecule has 21 heavy (non-hydrogen) atoms. The van der Waals surface area contributed by atoms with E-state index in [4.69, 9.17) is 10.5 Å². The molecule has 0 aliphatic heterocycles. The highest BCUT2D eigenvalue weighted by Crippen LogP contribution is 2.31. The lowest BCUT2D eigenvalue weighted by molar-refractivity contribution is -0.132. The van der Waals surface area contributed by atoms with Crippen molar-refractivity contribution in [1.29, 1.82) is 0 Å². The third-order valence-corrected chi connectivity index (χ3v) is 3.82. The van der Waals surface area contributed by atoms with Gasteiger partial charge in [-0.2, -0.15) is 0 Å². The minimum Gasteiger partial charge on any atom is -0.496 e. The van der Waals surface area contributed by atoms with Gasteiger partial charge in [-0.1, -0.05) is 18.2 Å². The van der Waals surface area contributed by atoms with Gasteiger partial charge in [-0.25, -0.2) is 0 Å². The lowest BCUT2D eigenvalue weighted by Gasteiger charge is -2.25. The number of nitrogens with two attached hydrogens (primary N) is 1. The average Bonchev–Trinajstić information content (AvgIpc) is 3.26. The number of hydrogen-bond acceptors (Lipinski definition) is 3. The molecule has 1 aromatic rings. The molecule has 1 aromatic carbocycles. The second-order valence-corrected chi connectivity index (χ2v) is 6.55. The Kier molecular flexibility index (Phi) is 4.88. The summed E-state index contributed by atoms with van der Waals surface area (Å²) < 4.78 is 5.38. The second-order valence-electron chi connectivity index (χ2n) is 6.55. The number of hydrogen-bond donors (Lipinski definition) is 1. The highest BCUT2D eigenvalue weighted by molar-refractivity contribution is 5.77. The van der Waals surface area contributed by atoms with Gasteiger partial charge in [0.1, 0.15) is 5.75 Å². The molecule has 0 radical (unpaired) electrons. The predicted octanol–water partition coefficient (Wildman–Crippen LogP) is 2.70. The molecule has 0 aromatic heterocycles. The molecule has 1 aliphatic rings. The van der Waals surface area contributed by atoms with E-state index in [0.717, 1.165) is 24.2 Å². The third kappa shape index (κ3) is 4.74. The summed E-state index contributed by atoms with van der Waals surface area (Å²) in [7, 11) is 1.67. The van der Waals surface area contributed by atoms with Crippen LogP contribution < -0.4 is 10.5 Å². The van der Waals surface area contributed by atoms with Crippen LogP contribution in [0.4, 0.5) is 0 Å². The largest absolute Gasteiger partial charge is 0.496 e. The van der Waals surface area contributed by atoms with Gasteiger partial charge in [0, 0.05) is 30.1 Å². The average molecular weight is 290 g/mol. The molecule has 2 rings (SSSR count). The molecule has 1 amide bonds. The third-order valence-electron chi connectivity index (χ3n) is 3.82. The molecule has 0 spiro atoms. The Balaban J connectivity index is 2.04. The summed E-state index contributed by atoms with van der Waals surface area (Å²) in [6.07, 6.45) is 3.43. The van der Waals surface area contributed by atoms with E-state index in [2.05, 4.69) is 0 Å². The van der Waals surface area contributed by atoms with Gasteiger partial charge >= 0.3 is 0 Å². The van der Waals surface area contributed by atoms with Crippen molar-refractivity contribution >= 4 is 5.91 Å². The van der Waals surface area contributed by atoms with Crippen molar-refractivity contribution in [3.05, 3.63) is 29.8 Å². The van der Waals surface area contributed by atoms with Crippen molar-refractivity contribution in [1.82, 2.24) is 4.90 Å². The number of benzene rings is 1. The van der Waals surface area contributed by atoms with E-state index in [1.807, 2.05) is 43.0 Å². The maximum atomic E-state index is 12.5. The Morgan fingerprint density at radius 3 is 2.62 bits per heavy atom. The quantitative estimate of drug-likeness (QED) is 0.840. The number of carbonyl (C=O) groups excluding carboxylic acids is 1. The van der Waals surface area contributed by atoms with Crippen LogP contribution in [0, 0.1) is 0 Å². The molecule has 1 aliphatic carbocycles. The fourth-order valence-electron chi connectivity index (χ4n) is 2.40. The fraction of sp³-hybridized carbons (Fsp3) is 0.588. The van der Waals surface area contributed by atoms with Gasteiger partial charge in [-0.3, -0.25) is 4.79 Å². The van der Waals surface area contributed by atoms with Crippen LogP contribution in [-0.4, -0.2) is 29.5 Å². The van der Waals surface area contributed by atoms with Crippen molar-refractivity contribution in [2.45, 2.75) is 57.7 Å². The van der Waals surface area contributed by atoms with Crippen LogP contribution in [0.3, 0.4) is 0 Å². The van der Waals surface area contributed by atoms with Gasteiger partial charge in [0.05, 0.1) is 7.11 Å². The zero-order chi connectivity index (χ0) is 15.5. The van der Waals surface area contributed by atoms with Crippen molar-refractivity contribution < 1.29 is 9.53 Å². The first-order valence-electron chi connectivity index (χ1n) is 7.61. The standard InChI is InChI=1S/C17H26N2O2/c1-17(2,18)11-10-16(20)19(14-8-9-14)12-13-6-4-5-7-15(13)21-3/h4-7,14H,8-12,18H2,1-3H3. The summed E-state index contributed by atoms with van der Waals surface area (Å²) in [6, 6.07) is 8.28. The van der Waals surface area contributed by atoms with E-state index >= 15 is 0 Å². The van der Waals surface area contributed by atoms with Crippen LogP contribution in [0.25, 0.3) is 0 Å². The molecule has 0 unspecified atom stereocenters. The van der Waals surface area contributed by atoms with Gasteiger partial charge < -0.3 is 15.4 Å². The highest BCUT2D eigenvalue weighted by Gasteiger charge is 2.33. The molecule has 0 bridgehead atoms. The van der Waals surface area contributed by atoms with E-state index < -0.39 is 0 Å². The number of nitrogens with zero attached hydrogens (tertiary/aromatic N) is 1. The summed E-state index contributed by atoms with van der Waals surface area (Å²) in [4.78, 5) is 14.5. The van der Waals surface area contributed by atoms with Gasteiger partial charge in [-0.15, -0.1) is 0 Å². The zero-order valence-corrected chi connectivity index (χ0v) is 13.3. The van der Waals surface area contributed by atoms with Crippen LogP contribution in [0.15, 0.2) is 24.3 Å². The number of carbonyl (C=O) groups is 1. The van der Waals surface area contributed by atoms with Crippen molar-refractivity contribution in [2.24, 2.45) is 5.73 Å². The number of amides is 1. The van der Waals surface area contributed by atoms with Gasteiger partial charge in [-0.05, 0) is 39.2 Å². The first-order valence-corrected chi connectivity index (χ1v) is 7.61. The zero-order valence-electron chi connectivity index (χ0n) is 13.3. The molecule has 1 fully saturated rings. The van der Waals surface area contributed by atoms with Crippen LogP contribution in [0.2, 0.25) is 0 Å². The van der Waals surface area contributed by atoms with E-state index in [1.54, 1.807) is 7.11 Å². The monoisotopic (exact) mass is 290 g/mol. The van der Waals surface area contributed by atoms with E-state index in [1.165, 1.54) is 0 Å². The van der Waals surface area contributed by atoms with Crippen LogP contribution >= 0.6 is 0 Å². The Morgan fingerprint density at radius 1 is 1.38 bits per heavy atom. The number of para-hydroxylation sites is 1. The molecule has 0 atom stereocenters. The van der Waals surface area contributed by atoms with Crippen molar-refractivity contribution in [3.8, 4) is 5.75 Å². The maximum Gasteiger partial charge on any atom is 0.223 e. The molecule has 4 nitrogen and oxygen atoms in total. The number of methoxy groups -OCH3 is 1. The van der Waals surface area contributed by atoms with Gasteiger partial charge in [0.25, 0.3) is 0 Å². The van der Waals surface area contributed by atoms with Crippen molar-refractivity contribution in [3.63, 3.8) is 0 Å². The molecule has 0 saturated heterocycles. The fourth-order valence-corrected chi connectivity index (χ4v) is 2.40. The highest BCUT2D eigenvalue weighted by atomic mass is 16.5. The number of rotatable bonds is 7. The lowest BCUT2D eigenvalue weighted by atomic mass is 9.99. The summed E-state index contributed by atoms with van der Waals surface area (Å²) in [5, 5.41) is 0. The minimum absolute atomic E-state index is 0.196. The van der Waals surface area contributed by atoms with Gasteiger partial charge in [0.15, 0.2) is 0 Å². The Morgan fingerprint density at radius 2 is 2.05 bits per heavy atom. The minimum atomic E-state index is -0.296. The lowest BCUT2D eigenvalue weighted by Crippen LogP contribution is -2.37. The van der Waals surface area contributed by atoms with E-state index in [9.17, 15) is 4.79 Å². The van der Waals surface area contributed by atoms with E-state index in [-0.39, 0.29) is 11.4 Å². The summed E-state index contributed by atoms with van der Waals surface area (Å²) in [5.74, 6) is 1.04. The Bertz CT molecular complexity index is 490. The number of ether oxygens (including phenoxy) is 1. The molecule has 0 heterocycles. The molecular weight excluding hydrogens is 264 g/mol. The first-order chi connectivity index (χ1) is 9.90. The van der Waals surface area contributed by atoms with Gasteiger partial charge in [0.2, 0.25) is 5.91 Å². The smallest absolute Gasteiger partial charge is 0.223 e. The van der Waals surface area contributed by atoms with Crippen molar-refractivity contribution in [2.75, 3.05) is 7.11 Å².